The predicted octanol–water partition coefficient (Wildman–Crippen LogP) is 1.47. The first-order valence-corrected chi connectivity index (χ1v) is 8.62. The van der Waals surface area contributed by atoms with E-state index < -0.39 is 11.8 Å². The Kier molecular flexibility index (Phi) is 4.17. The molecule has 27 heavy (non-hydrogen) atoms. The maximum Gasteiger partial charge on any atom is 0.277 e. The van der Waals surface area contributed by atoms with E-state index >= 15 is 0 Å². The smallest absolute Gasteiger partial charge is 0.277 e. The van der Waals surface area contributed by atoms with Crippen molar-refractivity contribution in [1.29, 1.82) is 0 Å². The Morgan fingerprint density at radius 3 is 2.96 bits per heavy atom. The van der Waals surface area contributed by atoms with Crippen molar-refractivity contribution >= 4 is 17.4 Å². The van der Waals surface area contributed by atoms with Crippen LogP contribution < -0.4 is 21.1 Å². The molecule has 0 aromatic carbocycles. The SMILES string of the molecule is Cc1nc2ccc(N3CCCC(F)(F)C3)nn2c1C(=O)NC1=CC=CNN1. The van der Waals surface area contributed by atoms with E-state index in [2.05, 4.69) is 26.3 Å². The first kappa shape index (κ1) is 17.3. The van der Waals surface area contributed by atoms with E-state index in [0.717, 1.165) is 0 Å². The number of hydrazine groups is 1. The fraction of sp³-hybridized carbons (Fsp3) is 0.353. The van der Waals surface area contributed by atoms with Gasteiger partial charge in [-0.2, -0.15) is 0 Å². The highest BCUT2D eigenvalue weighted by Crippen LogP contribution is 2.29. The summed E-state index contributed by atoms with van der Waals surface area (Å²) in [4.78, 5) is 18.6. The molecule has 0 atom stereocenters. The molecule has 2 aliphatic heterocycles. The maximum absolute atomic E-state index is 13.7. The van der Waals surface area contributed by atoms with E-state index in [4.69, 9.17) is 0 Å². The average molecular weight is 375 g/mol. The summed E-state index contributed by atoms with van der Waals surface area (Å²) in [5, 5.41) is 7.15. The summed E-state index contributed by atoms with van der Waals surface area (Å²) >= 11 is 0. The van der Waals surface area contributed by atoms with Crippen LogP contribution in [-0.2, 0) is 0 Å². The van der Waals surface area contributed by atoms with Gasteiger partial charge < -0.3 is 15.6 Å². The lowest BCUT2D eigenvalue weighted by atomic mass is 10.1. The molecular formula is C17H19F2N7O. The molecule has 142 valence electrons. The van der Waals surface area contributed by atoms with Gasteiger partial charge in [-0.05, 0) is 37.6 Å². The minimum atomic E-state index is -2.74. The molecule has 0 spiro atoms. The number of rotatable bonds is 3. The topological polar surface area (TPSA) is 86.6 Å². The second-order valence-electron chi connectivity index (χ2n) is 6.55. The van der Waals surface area contributed by atoms with Gasteiger partial charge in [0.25, 0.3) is 11.8 Å². The van der Waals surface area contributed by atoms with E-state index in [0.29, 0.717) is 35.9 Å². The number of nitrogens with zero attached hydrogens (tertiary/aromatic N) is 4. The number of piperidine rings is 1. The standard InChI is InChI=1S/C17H19F2N7O/c1-11-15(16(27)22-12-4-2-8-20-23-12)26-13(21-11)5-6-14(24-26)25-9-3-7-17(18,19)10-25/h2,4-6,8,20,23H,3,7,9-10H2,1H3,(H,22,27). The molecule has 0 aliphatic carbocycles. The lowest BCUT2D eigenvalue weighted by Crippen LogP contribution is -2.43. The van der Waals surface area contributed by atoms with Crippen LogP contribution in [0.25, 0.3) is 5.65 Å². The molecule has 0 bridgehead atoms. The van der Waals surface area contributed by atoms with Gasteiger partial charge in [-0.25, -0.2) is 18.3 Å². The highest BCUT2D eigenvalue weighted by atomic mass is 19.3. The number of fused-ring (bicyclic) bond motifs is 1. The van der Waals surface area contributed by atoms with Crippen LogP contribution in [0.1, 0.15) is 29.0 Å². The zero-order valence-electron chi connectivity index (χ0n) is 14.7. The minimum absolute atomic E-state index is 0.117. The largest absolute Gasteiger partial charge is 0.349 e. The van der Waals surface area contributed by atoms with Gasteiger partial charge in [0.1, 0.15) is 11.6 Å². The molecule has 1 saturated heterocycles. The van der Waals surface area contributed by atoms with Crippen LogP contribution in [0, 0.1) is 6.92 Å². The van der Waals surface area contributed by atoms with Gasteiger partial charge in [-0.3, -0.25) is 10.2 Å². The molecular weight excluding hydrogens is 356 g/mol. The van der Waals surface area contributed by atoms with Crippen molar-refractivity contribution in [2.75, 3.05) is 18.0 Å². The number of hydrogen-bond acceptors (Lipinski definition) is 6. The van der Waals surface area contributed by atoms with Crippen molar-refractivity contribution in [2.45, 2.75) is 25.7 Å². The lowest BCUT2D eigenvalue weighted by molar-refractivity contribution is -0.0119. The third-order valence-corrected chi connectivity index (χ3v) is 4.47. The predicted molar refractivity (Wildman–Crippen MR) is 95.1 cm³/mol. The van der Waals surface area contributed by atoms with Crippen molar-refractivity contribution in [3.63, 3.8) is 0 Å². The Hall–Kier alpha value is -3.17. The summed E-state index contributed by atoms with van der Waals surface area (Å²) < 4.78 is 28.9. The lowest BCUT2D eigenvalue weighted by Gasteiger charge is -2.33. The Bertz CT molecular complexity index is 950. The van der Waals surface area contributed by atoms with Crippen LogP contribution in [0.15, 0.2) is 36.3 Å². The molecule has 4 heterocycles. The summed E-state index contributed by atoms with van der Waals surface area (Å²) in [6, 6.07) is 3.34. The molecule has 0 radical (unpaired) electrons. The Morgan fingerprint density at radius 2 is 2.22 bits per heavy atom. The van der Waals surface area contributed by atoms with Crippen molar-refractivity contribution < 1.29 is 13.6 Å². The number of anilines is 1. The summed E-state index contributed by atoms with van der Waals surface area (Å²) in [6.45, 7) is 1.83. The van der Waals surface area contributed by atoms with Crippen molar-refractivity contribution in [2.24, 2.45) is 0 Å². The van der Waals surface area contributed by atoms with Crippen LogP contribution in [0.5, 0.6) is 0 Å². The number of halogens is 2. The molecule has 10 heteroatoms. The van der Waals surface area contributed by atoms with Crippen molar-refractivity contribution in [3.8, 4) is 0 Å². The van der Waals surface area contributed by atoms with E-state index in [9.17, 15) is 13.6 Å². The summed E-state index contributed by atoms with van der Waals surface area (Å²) in [7, 11) is 0. The molecule has 2 aliphatic rings. The molecule has 0 saturated carbocycles. The van der Waals surface area contributed by atoms with Crippen LogP contribution in [-0.4, -0.2) is 39.5 Å². The number of nitrogens with one attached hydrogen (secondary N) is 3. The number of carbonyl (C=O) groups excluding carboxylic acids is 1. The Labute approximate surface area is 153 Å². The van der Waals surface area contributed by atoms with Crippen LogP contribution in [0.2, 0.25) is 0 Å². The molecule has 0 unspecified atom stereocenters. The number of aromatic nitrogens is 3. The third-order valence-electron chi connectivity index (χ3n) is 4.47. The second-order valence-corrected chi connectivity index (χ2v) is 6.55. The Morgan fingerprint density at radius 1 is 1.37 bits per heavy atom. The van der Waals surface area contributed by atoms with Gasteiger partial charge >= 0.3 is 0 Å². The molecule has 4 rings (SSSR count). The first-order chi connectivity index (χ1) is 12.9. The first-order valence-electron chi connectivity index (χ1n) is 8.62. The minimum Gasteiger partial charge on any atom is -0.349 e. The number of amides is 1. The van der Waals surface area contributed by atoms with E-state index in [1.165, 1.54) is 4.52 Å². The number of carbonyl (C=O) groups is 1. The summed E-state index contributed by atoms with van der Waals surface area (Å²) in [6.07, 6.45) is 5.39. The van der Waals surface area contributed by atoms with Gasteiger partial charge in [0.15, 0.2) is 11.3 Å². The van der Waals surface area contributed by atoms with Crippen molar-refractivity contribution in [1.82, 2.24) is 30.8 Å². The molecule has 1 fully saturated rings. The summed E-state index contributed by atoms with van der Waals surface area (Å²) in [5.74, 6) is -2.26. The van der Waals surface area contributed by atoms with Gasteiger partial charge in [0.05, 0.1) is 12.2 Å². The third kappa shape index (κ3) is 3.42. The van der Waals surface area contributed by atoms with Gasteiger partial charge in [-0.15, -0.1) is 5.10 Å². The highest BCUT2D eigenvalue weighted by molar-refractivity contribution is 5.95. The van der Waals surface area contributed by atoms with Crippen LogP contribution >= 0.6 is 0 Å². The summed E-state index contributed by atoms with van der Waals surface area (Å²) in [5.41, 5.74) is 6.81. The number of allylic oxidation sites excluding steroid dienone is 2. The Balaban J connectivity index is 1.66. The van der Waals surface area contributed by atoms with Gasteiger partial charge in [0.2, 0.25) is 0 Å². The number of imidazole rings is 1. The normalized spacial score (nSPS) is 18.6. The number of hydrogen-bond donors (Lipinski definition) is 3. The zero-order valence-corrected chi connectivity index (χ0v) is 14.7. The monoisotopic (exact) mass is 375 g/mol. The van der Waals surface area contributed by atoms with Crippen LogP contribution in [0.3, 0.4) is 0 Å². The number of alkyl halides is 2. The van der Waals surface area contributed by atoms with E-state index in [1.54, 1.807) is 42.3 Å². The molecule has 2 aromatic rings. The highest BCUT2D eigenvalue weighted by Gasteiger charge is 2.36. The average Bonchev–Trinajstić information content (AvgIpc) is 2.96. The molecule has 1 amide bonds. The van der Waals surface area contributed by atoms with Crippen LogP contribution in [0.4, 0.5) is 14.6 Å². The molecule has 8 nitrogen and oxygen atoms in total. The zero-order chi connectivity index (χ0) is 19.0. The molecule has 2 aromatic heterocycles. The van der Waals surface area contributed by atoms with E-state index in [-0.39, 0.29) is 18.7 Å². The quantitative estimate of drug-likeness (QED) is 0.753. The molecule has 3 N–H and O–H groups in total. The fourth-order valence-electron chi connectivity index (χ4n) is 3.23. The second kappa shape index (κ2) is 6.53. The maximum atomic E-state index is 13.7. The van der Waals surface area contributed by atoms with Gasteiger partial charge in [0, 0.05) is 19.2 Å². The van der Waals surface area contributed by atoms with E-state index in [1.807, 2.05) is 0 Å². The number of aryl methyl sites for hydroxylation is 1. The fourth-order valence-corrected chi connectivity index (χ4v) is 3.23. The van der Waals surface area contributed by atoms with Crippen molar-refractivity contribution in [3.05, 3.63) is 47.7 Å². The van der Waals surface area contributed by atoms with Gasteiger partial charge in [-0.1, -0.05) is 0 Å².